The molecule has 0 radical (unpaired) electrons. The van der Waals surface area contributed by atoms with Gasteiger partial charge in [0.15, 0.2) is 0 Å². The largest absolute Gasteiger partial charge is 0.452 e. The molecule has 6 nitrogen and oxygen atoms in total. The molecule has 1 atom stereocenters. The molecule has 0 rings (SSSR count). The van der Waals surface area contributed by atoms with Crippen molar-refractivity contribution in [1.82, 2.24) is 0 Å². The lowest BCUT2D eigenvalue weighted by molar-refractivity contribution is 0.0546. The van der Waals surface area contributed by atoms with Crippen molar-refractivity contribution in [2.24, 2.45) is 11.5 Å². The van der Waals surface area contributed by atoms with E-state index < -0.39 is 32.3 Å². The van der Waals surface area contributed by atoms with Crippen LogP contribution in [0, 0.1) is 0 Å². The minimum atomic E-state index is -1.71. The summed E-state index contributed by atoms with van der Waals surface area (Å²) in [6.07, 6.45) is 0.606. The molecule has 4 N–H and O–H groups in total. The molecule has 19 heavy (non-hydrogen) atoms. The van der Waals surface area contributed by atoms with Gasteiger partial charge in [0.25, 0.3) is 0 Å². The lowest BCUT2D eigenvalue weighted by Gasteiger charge is -2.25. The molecule has 0 aromatic rings. The molecule has 0 aromatic heterocycles. The summed E-state index contributed by atoms with van der Waals surface area (Å²) in [6, 6.07) is 0. The molecule has 1 unspecified atom stereocenters. The molecule has 7 heteroatoms. The second-order valence-corrected chi connectivity index (χ2v) is 7.39. The highest BCUT2D eigenvalue weighted by Gasteiger charge is 2.30. The van der Waals surface area contributed by atoms with Gasteiger partial charge in [0.2, 0.25) is 0 Å². The van der Waals surface area contributed by atoms with Crippen molar-refractivity contribution in [3.8, 4) is 0 Å². The molecule has 112 valence electrons. The Morgan fingerprint density at radius 2 is 1.42 bits per heavy atom. The number of rotatable bonds is 2. The molecule has 0 amide bonds. The van der Waals surface area contributed by atoms with Crippen LogP contribution in [0.4, 0.5) is 9.59 Å². The van der Waals surface area contributed by atoms with Crippen LogP contribution < -0.4 is 11.5 Å². The van der Waals surface area contributed by atoms with Crippen LogP contribution in [0.1, 0.15) is 48.0 Å². The van der Waals surface area contributed by atoms with Gasteiger partial charge in [0, 0.05) is 0 Å². The molecular weight excluding hydrogens is 268 g/mol. The molecular formula is C12H24N2O4S. The Morgan fingerprint density at radius 3 is 1.74 bits per heavy atom. The normalized spacial score (nSPS) is 13.7. The maximum absolute atomic E-state index is 12.0. The second kappa shape index (κ2) is 6.49. The third-order valence-corrected chi connectivity index (χ3v) is 3.47. The van der Waals surface area contributed by atoms with Crippen LogP contribution in [0.15, 0.2) is 0 Å². The van der Waals surface area contributed by atoms with E-state index in [1.807, 2.05) is 6.92 Å². The zero-order chi connectivity index (χ0) is 15.4. The summed E-state index contributed by atoms with van der Waals surface area (Å²) in [5.41, 5.74) is 9.44. The molecule has 0 spiro atoms. The summed E-state index contributed by atoms with van der Waals surface area (Å²) in [6.45, 7) is 10.4. The Labute approximate surface area is 116 Å². The van der Waals surface area contributed by atoms with Crippen LogP contribution in [0.3, 0.4) is 0 Å². The van der Waals surface area contributed by atoms with Crippen molar-refractivity contribution in [3.05, 3.63) is 0 Å². The third-order valence-electron chi connectivity index (χ3n) is 2.17. The molecule has 0 fully saturated rings. The second-order valence-electron chi connectivity index (χ2n) is 5.64. The van der Waals surface area contributed by atoms with Gasteiger partial charge in [0.1, 0.15) is 11.2 Å². The predicted molar refractivity (Wildman–Crippen MR) is 78.1 cm³/mol. The van der Waals surface area contributed by atoms with E-state index in [4.69, 9.17) is 20.9 Å². The SMILES string of the molecule is CCC(C)(C)OC(=O)S(C(=O)OC(C)(C)C)=C(N)N. The van der Waals surface area contributed by atoms with Gasteiger partial charge < -0.3 is 9.47 Å². The van der Waals surface area contributed by atoms with Gasteiger partial charge in [-0.1, -0.05) is 6.92 Å². The Balaban J connectivity index is 5.12. The average Bonchev–Trinajstić information content (AvgIpc) is 2.12. The third kappa shape index (κ3) is 6.70. The first kappa shape index (κ1) is 18.1. The molecule has 0 aromatic carbocycles. The van der Waals surface area contributed by atoms with E-state index in [-0.39, 0.29) is 5.11 Å². The topological polar surface area (TPSA) is 105 Å². The van der Waals surface area contributed by atoms with Gasteiger partial charge in [0.05, 0.1) is 15.6 Å². The van der Waals surface area contributed by atoms with Crippen LogP contribution >= 0.6 is 10.5 Å². The van der Waals surface area contributed by atoms with Gasteiger partial charge in [-0.25, -0.2) is 9.59 Å². The predicted octanol–water partition coefficient (Wildman–Crippen LogP) is 2.52. The van der Waals surface area contributed by atoms with E-state index in [2.05, 4.69) is 0 Å². The number of hydrogen-bond acceptors (Lipinski definition) is 4. The Bertz CT molecular complexity index is 393. The highest BCUT2D eigenvalue weighted by Crippen LogP contribution is 2.27. The van der Waals surface area contributed by atoms with E-state index in [0.717, 1.165) is 0 Å². The summed E-state index contributed by atoms with van der Waals surface area (Å²) >= 11 is 0. The average molecular weight is 292 g/mol. The number of nitrogens with two attached hydrogens (primary N) is 2. The number of carbonyl (C=O) groups excluding carboxylic acids is 2. The van der Waals surface area contributed by atoms with Crippen molar-refractivity contribution in [1.29, 1.82) is 0 Å². The first-order valence-electron chi connectivity index (χ1n) is 5.98. The van der Waals surface area contributed by atoms with E-state index in [1.165, 1.54) is 0 Å². The fourth-order valence-corrected chi connectivity index (χ4v) is 2.05. The summed E-state index contributed by atoms with van der Waals surface area (Å²) in [5, 5.41) is -1.84. The maximum Gasteiger partial charge on any atom is 0.375 e. The van der Waals surface area contributed by atoms with Crippen molar-refractivity contribution in [2.75, 3.05) is 0 Å². The van der Waals surface area contributed by atoms with Crippen molar-refractivity contribution in [2.45, 2.75) is 59.2 Å². The fourth-order valence-electron chi connectivity index (χ4n) is 0.892. The molecule has 0 saturated heterocycles. The van der Waals surface area contributed by atoms with Crippen molar-refractivity contribution < 1.29 is 19.1 Å². The van der Waals surface area contributed by atoms with Crippen molar-refractivity contribution in [3.63, 3.8) is 0 Å². The number of hydrogen-bond donors (Lipinski definition) is 2. The molecule has 0 heterocycles. The minimum absolute atomic E-state index is 0.300. The summed E-state index contributed by atoms with van der Waals surface area (Å²) in [4.78, 5) is 23.9. The highest BCUT2D eigenvalue weighted by atomic mass is 32.2. The summed E-state index contributed by atoms with van der Waals surface area (Å²) in [7, 11) is -1.71. The van der Waals surface area contributed by atoms with Crippen molar-refractivity contribution >= 4 is 26.2 Å². The lowest BCUT2D eigenvalue weighted by atomic mass is 10.1. The quantitative estimate of drug-likeness (QED) is 0.598. The van der Waals surface area contributed by atoms with Crippen LogP contribution in [0.25, 0.3) is 0 Å². The summed E-state index contributed by atoms with van der Waals surface area (Å²) < 4.78 is 10.4. The van der Waals surface area contributed by atoms with E-state index in [0.29, 0.717) is 6.42 Å². The van der Waals surface area contributed by atoms with Crippen LogP contribution in [0.5, 0.6) is 0 Å². The fraction of sp³-hybridized carbons (Fsp3) is 0.750. The van der Waals surface area contributed by atoms with Gasteiger partial charge in [-0.15, -0.1) is 0 Å². The minimum Gasteiger partial charge on any atom is -0.452 e. The van der Waals surface area contributed by atoms with Gasteiger partial charge >= 0.3 is 10.6 Å². The summed E-state index contributed by atoms with van der Waals surface area (Å²) in [5.74, 6) is 0. The Kier molecular flexibility index (Phi) is 6.18. The number of carbonyl (C=O) groups is 2. The first-order chi connectivity index (χ1) is 8.39. The molecule has 0 saturated carbocycles. The molecule has 0 bridgehead atoms. The van der Waals surface area contributed by atoms with Gasteiger partial charge in [-0.3, -0.25) is 11.5 Å². The van der Waals surface area contributed by atoms with Crippen LogP contribution in [0.2, 0.25) is 0 Å². The number of ether oxygens (including phenoxy) is 2. The zero-order valence-electron chi connectivity index (χ0n) is 12.4. The maximum atomic E-state index is 12.0. The first-order valence-corrected chi connectivity index (χ1v) is 7.20. The monoisotopic (exact) mass is 292 g/mol. The standard InChI is InChI=1S/C12H24N2O4S/c1-7-12(5,6)18-10(16)19(8(13)14)9(15)17-11(2,3)4/h7,13-14H2,1-6H3. The lowest BCUT2D eigenvalue weighted by Crippen LogP contribution is -2.33. The molecule has 0 aliphatic rings. The smallest absolute Gasteiger partial charge is 0.375 e. The van der Waals surface area contributed by atoms with E-state index in [1.54, 1.807) is 34.6 Å². The highest BCUT2D eigenvalue weighted by molar-refractivity contribution is 8.39. The van der Waals surface area contributed by atoms with Crippen LogP contribution in [-0.2, 0) is 9.47 Å². The van der Waals surface area contributed by atoms with Crippen LogP contribution in [-0.4, -0.2) is 26.9 Å². The molecule has 0 aliphatic carbocycles. The van der Waals surface area contributed by atoms with Gasteiger partial charge in [-0.2, -0.15) is 0 Å². The van der Waals surface area contributed by atoms with Gasteiger partial charge in [-0.05, 0) is 41.0 Å². The zero-order valence-corrected chi connectivity index (χ0v) is 13.2. The van der Waals surface area contributed by atoms with E-state index in [9.17, 15) is 9.59 Å². The Hall–Kier alpha value is -0.920. The van der Waals surface area contributed by atoms with E-state index >= 15 is 0 Å². The molecule has 0 aliphatic heterocycles. The Morgan fingerprint density at radius 1 is 1.00 bits per heavy atom.